The molecule has 2 aliphatic rings. The number of piperidine rings is 1. The van der Waals surface area contributed by atoms with Crippen LogP contribution in [0, 0.1) is 25.7 Å². The number of hydrogen-bond acceptors (Lipinski definition) is 4. The topological polar surface area (TPSA) is 47.4 Å². The fourth-order valence-electron chi connectivity index (χ4n) is 3.75. The summed E-state index contributed by atoms with van der Waals surface area (Å²) in [5, 5.41) is 0. The lowest BCUT2D eigenvalue weighted by Crippen LogP contribution is -2.40. The minimum atomic E-state index is 0.124. The Bertz CT molecular complexity index is 570. The third-order valence-electron chi connectivity index (χ3n) is 5.45. The molecule has 128 valence electrons. The molecule has 0 radical (unpaired) electrons. The van der Waals surface area contributed by atoms with Crippen molar-refractivity contribution in [2.45, 2.75) is 46.1 Å². The van der Waals surface area contributed by atoms with E-state index in [1.54, 1.807) is 10.9 Å². The third kappa shape index (κ3) is 4.21. The van der Waals surface area contributed by atoms with Gasteiger partial charge in [0.2, 0.25) is 0 Å². The maximum absolute atomic E-state index is 12.3. The number of likely N-dealkylation sites (tertiary alicyclic amines) is 1. The summed E-state index contributed by atoms with van der Waals surface area (Å²) in [4.78, 5) is 19.2. The summed E-state index contributed by atoms with van der Waals surface area (Å²) in [5.41, 5.74) is 1.75. The van der Waals surface area contributed by atoms with E-state index in [9.17, 15) is 4.79 Å². The maximum Gasteiger partial charge on any atom is 0.256 e. The molecule has 3 heterocycles. The van der Waals surface area contributed by atoms with Gasteiger partial charge in [-0.15, -0.1) is 0 Å². The molecule has 0 bridgehead atoms. The summed E-state index contributed by atoms with van der Waals surface area (Å²) in [6.07, 6.45) is 6.59. The van der Waals surface area contributed by atoms with Gasteiger partial charge in [-0.3, -0.25) is 9.36 Å². The summed E-state index contributed by atoms with van der Waals surface area (Å²) in [6, 6.07) is 0. The Hall–Kier alpha value is -1.20. The lowest BCUT2D eigenvalue weighted by Gasteiger charge is -2.35. The van der Waals surface area contributed by atoms with E-state index in [4.69, 9.17) is 4.74 Å². The summed E-state index contributed by atoms with van der Waals surface area (Å²) in [7, 11) is 0. The molecule has 0 N–H and O–H groups in total. The summed E-state index contributed by atoms with van der Waals surface area (Å²) in [6.45, 7) is 9.93. The van der Waals surface area contributed by atoms with E-state index >= 15 is 0 Å². The van der Waals surface area contributed by atoms with Crippen molar-refractivity contribution < 1.29 is 4.74 Å². The first kappa shape index (κ1) is 16.7. The third-order valence-corrected chi connectivity index (χ3v) is 5.45. The molecule has 2 aliphatic heterocycles. The number of rotatable bonds is 4. The van der Waals surface area contributed by atoms with Gasteiger partial charge in [-0.05, 0) is 64.5 Å². The van der Waals surface area contributed by atoms with Crippen LogP contribution in [0.5, 0.6) is 0 Å². The van der Waals surface area contributed by atoms with Crippen LogP contribution in [0.1, 0.15) is 36.9 Å². The Morgan fingerprint density at radius 2 is 1.96 bits per heavy atom. The van der Waals surface area contributed by atoms with E-state index in [0.717, 1.165) is 44.1 Å². The van der Waals surface area contributed by atoms with Crippen LogP contribution < -0.4 is 5.56 Å². The molecule has 1 aromatic rings. The minimum absolute atomic E-state index is 0.124. The minimum Gasteiger partial charge on any atom is -0.381 e. The Morgan fingerprint density at radius 3 is 2.65 bits per heavy atom. The van der Waals surface area contributed by atoms with E-state index < -0.39 is 0 Å². The standard InChI is InChI=1S/C18H29N3O2/c1-14-15(2)19-13-21(18(14)22)11-16-5-7-20(8-6-16)10-17-4-3-9-23-12-17/h13,16-17H,3-12H2,1-2H3. The van der Waals surface area contributed by atoms with Gasteiger partial charge in [0, 0.05) is 31.0 Å². The number of ether oxygens (including phenoxy) is 1. The highest BCUT2D eigenvalue weighted by molar-refractivity contribution is 5.12. The zero-order valence-corrected chi connectivity index (χ0v) is 14.5. The summed E-state index contributed by atoms with van der Waals surface area (Å²) < 4.78 is 7.39. The van der Waals surface area contributed by atoms with Gasteiger partial charge in [0.15, 0.2) is 0 Å². The fourth-order valence-corrected chi connectivity index (χ4v) is 3.75. The van der Waals surface area contributed by atoms with Crippen molar-refractivity contribution in [2.24, 2.45) is 11.8 Å². The molecule has 0 spiro atoms. The van der Waals surface area contributed by atoms with Gasteiger partial charge in [-0.2, -0.15) is 0 Å². The van der Waals surface area contributed by atoms with E-state index in [2.05, 4.69) is 9.88 Å². The van der Waals surface area contributed by atoms with Gasteiger partial charge >= 0.3 is 0 Å². The molecule has 5 nitrogen and oxygen atoms in total. The Kier molecular flexibility index (Phi) is 5.49. The Balaban J connectivity index is 1.49. The second-order valence-corrected chi connectivity index (χ2v) is 7.24. The molecule has 5 heteroatoms. The van der Waals surface area contributed by atoms with E-state index in [-0.39, 0.29) is 5.56 Å². The van der Waals surface area contributed by atoms with Crippen molar-refractivity contribution in [3.05, 3.63) is 27.9 Å². The van der Waals surface area contributed by atoms with Crippen LogP contribution in [0.15, 0.2) is 11.1 Å². The molecular weight excluding hydrogens is 290 g/mol. The van der Waals surface area contributed by atoms with Crippen molar-refractivity contribution in [3.8, 4) is 0 Å². The second kappa shape index (κ2) is 7.58. The predicted octanol–water partition coefficient (Wildman–Crippen LogP) is 2.00. The number of aryl methyl sites for hydroxylation is 1. The van der Waals surface area contributed by atoms with Crippen LogP contribution in [0.2, 0.25) is 0 Å². The van der Waals surface area contributed by atoms with Crippen LogP contribution in [-0.4, -0.2) is 47.3 Å². The van der Waals surface area contributed by atoms with Crippen LogP contribution in [0.25, 0.3) is 0 Å². The zero-order valence-electron chi connectivity index (χ0n) is 14.5. The van der Waals surface area contributed by atoms with Crippen LogP contribution in [0.3, 0.4) is 0 Å². The number of hydrogen-bond donors (Lipinski definition) is 0. The SMILES string of the molecule is Cc1ncn(CC2CCN(CC3CCCOC3)CC2)c(=O)c1C. The zero-order chi connectivity index (χ0) is 16.2. The van der Waals surface area contributed by atoms with E-state index in [0.29, 0.717) is 11.8 Å². The molecule has 2 saturated heterocycles. The van der Waals surface area contributed by atoms with Crippen molar-refractivity contribution >= 4 is 0 Å². The van der Waals surface area contributed by atoms with Gasteiger partial charge < -0.3 is 9.64 Å². The number of nitrogens with zero attached hydrogens (tertiary/aromatic N) is 3. The molecule has 0 aliphatic carbocycles. The van der Waals surface area contributed by atoms with Crippen LogP contribution >= 0.6 is 0 Å². The van der Waals surface area contributed by atoms with E-state index in [1.165, 1.54) is 32.2 Å². The molecular formula is C18H29N3O2. The second-order valence-electron chi connectivity index (χ2n) is 7.24. The maximum atomic E-state index is 12.3. The van der Waals surface area contributed by atoms with Crippen molar-refractivity contribution in [1.29, 1.82) is 0 Å². The van der Waals surface area contributed by atoms with Gasteiger partial charge in [-0.25, -0.2) is 4.98 Å². The molecule has 0 aromatic carbocycles. The van der Waals surface area contributed by atoms with Crippen LogP contribution in [0.4, 0.5) is 0 Å². The van der Waals surface area contributed by atoms with Crippen LogP contribution in [-0.2, 0) is 11.3 Å². The average molecular weight is 319 g/mol. The monoisotopic (exact) mass is 319 g/mol. The molecule has 3 rings (SSSR count). The molecule has 2 fully saturated rings. The van der Waals surface area contributed by atoms with Gasteiger partial charge in [0.25, 0.3) is 5.56 Å². The molecule has 23 heavy (non-hydrogen) atoms. The first-order chi connectivity index (χ1) is 11.1. The summed E-state index contributed by atoms with van der Waals surface area (Å²) in [5.74, 6) is 1.31. The highest BCUT2D eigenvalue weighted by Crippen LogP contribution is 2.22. The Labute approximate surface area is 138 Å². The molecule has 0 amide bonds. The molecule has 1 atom stereocenters. The lowest BCUT2D eigenvalue weighted by atomic mass is 9.94. The summed E-state index contributed by atoms with van der Waals surface area (Å²) >= 11 is 0. The normalized spacial score (nSPS) is 24.0. The predicted molar refractivity (Wildman–Crippen MR) is 90.7 cm³/mol. The highest BCUT2D eigenvalue weighted by atomic mass is 16.5. The van der Waals surface area contributed by atoms with Gasteiger partial charge in [-0.1, -0.05) is 0 Å². The van der Waals surface area contributed by atoms with E-state index in [1.807, 2.05) is 13.8 Å². The average Bonchev–Trinajstić information content (AvgIpc) is 2.58. The molecule has 1 unspecified atom stereocenters. The smallest absolute Gasteiger partial charge is 0.256 e. The quantitative estimate of drug-likeness (QED) is 0.852. The fraction of sp³-hybridized carbons (Fsp3) is 0.778. The highest BCUT2D eigenvalue weighted by Gasteiger charge is 2.23. The lowest BCUT2D eigenvalue weighted by molar-refractivity contribution is 0.0320. The van der Waals surface area contributed by atoms with Gasteiger partial charge in [0.05, 0.1) is 12.9 Å². The molecule has 1 aromatic heterocycles. The first-order valence-electron chi connectivity index (χ1n) is 8.96. The number of aromatic nitrogens is 2. The largest absolute Gasteiger partial charge is 0.381 e. The molecule has 0 saturated carbocycles. The van der Waals surface area contributed by atoms with Crippen molar-refractivity contribution in [3.63, 3.8) is 0 Å². The van der Waals surface area contributed by atoms with Gasteiger partial charge in [0.1, 0.15) is 0 Å². The Morgan fingerprint density at radius 1 is 1.17 bits per heavy atom. The van der Waals surface area contributed by atoms with Crippen molar-refractivity contribution in [2.75, 3.05) is 32.8 Å². The van der Waals surface area contributed by atoms with Crippen molar-refractivity contribution in [1.82, 2.24) is 14.5 Å². The first-order valence-corrected chi connectivity index (χ1v) is 8.96.